The molecule has 1 aromatic heterocycles. The number of amides is 1. The highest BCUT2D eigenvalue weighted by Crippen LogP contribution is 2.32. The zero-order chi connectivity index (χ0) is 14.7. The van der Waals surface area contributed by atoms with Gasteiger partial charge >= 0.3 is 0 Å². The molecule has 1 amide bonds. The fourth-order valence-corrected chi connectivity index (χ4v) is 3.50. The number of likely N-dealkylation sites (tertiary alicyclic amines) is 1. The van der Waals surface area contributed by atoms with Crippen LogP contribution in [-0.4, -0.2) is 34.0 Å². The summed E-state index contributed by atoms with van der Waals surface area (Å²) in [6.45, 7) is 1.96. The highest BCUT2D eigenvalue weighted by Gasteiger charge is 2.27. The highest BCUT2D eigenvalue weighted by molar-refractivity contribution is 8.18. The maximum atomic E-state index is 12.1. The van der Waals surface area contributed by atoms with Gasteiger partial charge in [-0.3, -0.25) is 14.6 Å². The number of anilines is 1. The van der Waals surface area contributed by atoms with Gasteiger partial charge in [0.2, 0.25) is 0 Å². The fourth-order valence-electron chi connectivity index (χ4n) is 2.37. The molecule has 7 heteroatoms. The maximum Gasteiger partial charge on any atom is 0.286 e. The first-order valence-electron chi connectivity index (χ1n) is 6.86. The SMILES string of the molecule is O=C1N=C(N2CCCCC2)S/C1=C\c1cnccc1NCl. The van der Waals surface area contributed by atoms with Crippen molar-refractivity contribution in [3.05, 3.63) is 28.9 Å². The van der Waals surface area contributed by atoms with E-state index in [-0.39, 0.29) is 5.91 Å². The summed E-state index contributed by atoms with van der Waals surface area (Å²) in [6.07, 6.45) is 8.68. The number of hydrogen-bond donors (Lipinski definition) is 1. The van der Waals surface area contributed by atoms with Crippen LogP contribution in [0.1, 0.15) is 24.8 Å². The number of aromatic nitrogens is 1. The van der Waals surface area contributed by atoms with Crippen LogP contribution in [0.25, 0.3) is 6.08 Å². The van der Waals surface area contributed by atoms with Crippen LogP contribution in [-0.2, 0) is 4.79 Å². The highest BCUT2D eigenvalue weighted by atomic mass is 35.5. The molecule has 0 aromatic carbocycles. The predicted octanol–water partition coefficient (Wildman–Crippen LogP) is 3.10. The summed E-state index contributed by atoms with van der Waals surface area (Å²) < 4.78 is 0. The number of carbonyl (C=O) groups is 1. The smallest absolute Gasteiger partial charge is 0.286 e. The molecule has 5 nitrogen and oxygen atoms in total. The van der Waals surface area contributed by atoms with Crippen LogP contribution in [0.2, 0.25) is 0 Å². The average Bonchev–Trinajstić information content (AvgIpc) is 2.90. The van der Waals surface area contributed by atoms with E-state index in [1.807, 2.05) is 0 Å². The van der Waals surface area contributed by atoms with E-state index in [2.05, 4.69) is 19.7 Å². The number of thioether (sulfide) groups is 1. The zero-order valence-corrected chi connectivity index (χ0v) is 13.0. The molecule has 0 aliphatic carbocycles. The van der Waals surface area contributed by atoms with Crippen LogP contribution in [0.5, 0.6) is 0 Å². The normalized spacial score (nSPS) is 20.8. The van der Waals surface area contributed by atoms with E-state index in [1.54, 1.807) is 24.5 Å². The fraction of sp³-hybridized carbons (Fsp3) is 0.357. The van der Waals surface area contributed by atoms with Gasteiger partial charge < -0.3 is 4.90 Å². The van der Waals surface area contributed by atoms with E-state index >= 15 is 0 Å². The Kier molecular flexibility index (Phi) is 4.45. The predicted molar refractivity (Wildman–Crippen MR) is 87.1 cm³/mol. The van der Waals surface area contributed by atoms with E-state index in [0.29, 0.717) is 4.91 Å². The molecule has 0 unspecified atom stereocenters. The molecule has 2 aliphatic heterocycles. The minimum absolute atomic E-state index is 0.190. The van der Waals surface area contributed by atoms with Crippen molar-refractivity contribution >= 4 is 46.4 Å². The number of hydrogen-bond acceptors (Lipinski definition) is 5. The first-order valence-corrected chi connectivity index (χ1v) is 8.05. The van der Waals surface area contributed by atoms with E-state index in [1.165, 1.54) is 18.2 Å². The molecular formula is C14H15ClN4OS. The topological polar surface area (TPSA) is 57.6 Å². The monoisotopic (exact) mass is 322 g/mol. The number of halogens is 1. The Hall–Kier alpha value is -1.53. The molecule has 2 aliphatic rings. The van der Waals surface area contributed by atoms with Crippen molar-refractivity contribution < 1.29 is 4.79 Å². The molecule has 110 valence electrons. The van der Waals surface area contributed by atoms with Gasteiger partial charge in [-0.05, 0) is 43.2 Å². The zero-order valence-electron chi connectivity index (χ0n) is 11.4. The summed E-state index contributed by atoms with van der Waals surface area (Å²) in [4.78, 5) is 25.7. The van der Waals surface area contributed by atoms with Crippen LogP contribution >= 0.6 is 23.5 Å². The van der Waals surface area contributed by atoms with Gasteiger partial charge in [0.15, 0.2) is 5.17 Å². The van der Waals surface area contributed by atoms with Crippen molar-refractivity contribution in [1.82, 2.24) is 9.88 Å². The number of nitrogens with zero attached hydrogens (tertiary/aromatic N) is 3. The lowest BCUT2D eigenvalue weighted by Gasteiger charge is -2.27. The minimum atomic E-state index is -0.190. The third-order valence-corrected chi connectivity index (χ3v) is 4.72. The Morgan fingerprint density at radius 3 is 2.90 bits per heavy atom. The lowest BCUT2D eigenvalue weighted by atomic mass is 10.1. The van der Waals surface area contributed by atoms with Gasteiger partial charge in [0.1, 0.15) is 0 Å². The second-order valence-electron chi connectivity index (χ2n) is 4.92. The van der Waals surface area contributed by atoms with Crippen LogP contribution in [0.4, 0.5) is 5.69 Å². The van der Waals surface area contributed by atoms with Gasteiger partial charge in [0, 0.05) is 42.8 Å². The van der Waals surface area contributed by atoms with Gasteiger partial charge in [-0.1, -0.05) is 0 Å². The molecule has 1 aromatic rings. The Morgan fingerprint density at radius 1 is 1.33 bits per heavy atom. The molecule has 0 bridgehead atoms. The van der Waals surface area contributed by atoms with E-state index in [4.69, 9.17) is 11.8 Å². The molecule has 0 saturated carbocycles. The van der Waals surface area contributed by atoms with Crippen molar-refractivity contribution in [3.8, 4) is 0 Å². The first kappa shape index (κ1) is 14.4. The third-order valence-electron chi connectivity index (χ3n) is 3.48. The number of amidine groups is 1. The lowest BCUT2D eigenvalue weighted by Crippen LogP contribution is -2.33. The van der Waals surface area contributed by atoms with Crippen LogP contribution in [0, 0.1) is 0 Å². The molecule has 1 fully saturated rings. The molecule has 3 heterocycles. The standard InChI is InChI=1S/C14H15ClN4OS/c15-18-11-4-5-16-9-10(11)8-12-13(20)17-14(21-12)19-6-2-1-3-7-19/h4-5,8-9H,1-3,6-7H2,(H,16,18)/b12-8-. The molecule has 0 spiro atoms. The Balaban J connectivity index is 1.79. The molecule has 3 rings (SSSR count). The molecule has 1 N–H and O–H groups in total. The van der Waals surface area contributed by atoms with E-state index < -0.39 is 0 Å². The van der Waals surface area contributed by atoms with Gasteiger partial charge in [0.25, 0.3) is 5.91 Å². The minimum Gasteiger partial charge on any atom is -0.351 e. The number of piperidine rings is 1. The largest absolute Gasteiger partial charge is 0.351 e. The second-order valence-corrected chi connectivity index (χ2v) is 6.11. The van der Waals surface area contributed by atoms with Crippen LogP contribution in [0.3, 0.4) is 0 Å². The van der Waals surface area contributed by atoms with E-state index in [9.17, 15) is 4.79 Å². The Labute approximate surface area is 132 Å². The van der Waals surface area contributed by atoms with Gasteiger partial charge in [-0.2, -0.15) is 4.99 Å². The maximum absolute atomic E-state index is 12.1. The van der Waals surface area contributed by atoms with Crippen molar-refractivity contribution in [1.29, 1.82) is 0 Å². The number of carbonyl (C=O) groups excluding carboxylic acids is 1. The summed E-state index contributed by atoms with van der Waals surface area (Å²) in [7, 11) is 0. The number of rotatable bonds is 2. The van der Waals surface area contributed by atoms with Crippen molar-refractivity contribution in [2.75, 3.05) is 17.9 Å². The van der Waals surface area contributed by atoms with Crippen LogP contribution in [0.15, 0.2) is 28.4 Å². The molecule has 0 atom stereocenters. The number of aliphatic imine (C=N–C) groups is 1. The quantitative estimate of drug-likeness (QED) is 0.669. The first-order chi connectivity index (χ1) is 10.3. The van der Waals surface area contributed by atoms with Crippen LogP contribution < -0.4 is 4.84 Å². The Bertz CT molecular complexity index is 611. The van der Waals surface area contributed by atoms with Crippen molar-refractivity contribution in [2.45, 2.75) is 19.3 Å². The lowest BCUT2D eigenvalue weighted by molar-refractivity contribution is -0.113. The van der Waals surface area contributed by atoms with Gasteiger partial charge in [0.05, 0.1) is 10.6 Å². The number of nitrogens with one attached hydrogen (secondary N) is 1. The summed E-state index contributed by atoms with van der Waals surface area (Å²) in [6, 6.07) is 1.76. The summed E-state index contributed by atoms with van der Waals surface area (Å²) in [5, 5.41) is 0.815. The average molecular weight is 323 g/mol. The van der Waals surface area contributed by atoms with E-state index in [0.717, 1.165) is 42.3 Å². The second kappa shape index (κ2) is 6.49. The summed E-state index contributed by atoms with van der Waals surface area (Å²) in [5.74, 6) is -0.190. The summed E-state index contributed by atoms with van der Waals surface area (Å²) >= 11 is 7.10. The summed E-state index contributed by atoms with van der Waals surface area (Å²) in [5.41, 5.74) is 1.50. The molecule has 21 heavy (non-hydrogen) atoms. The van der Waals surface area contributed by atoms with Gasteiger partial charge in [-0.25, -0.2) is 0 Å². The third kappa shape index (κ3) is 3.22. The number of pyridine rings is 1. The Morgan fingerprint density at radius 2 is 2.14 bits per heavy atom. The molecule has 1 saturated heterocycles. The van der Waals surface area contributed by atoms with Crippen molar-refractivity contribution in [2.24, 2.45) is 4.99 Å². The van der Waals surface area contributed by atoms with Gasteiger partial charge in [-0.15, -0.1) is 0 Å². The molecular weight excluding hydrogens is 308 g/mol. The molecule has 0 radical (unpaired) electrons. The van der Waals surface area contributed by atoms with Crippen molar-refractivity contribution in [3.63, 3.8) is 0 Å².